The van der Waals surface area contributed by atoms with Crippen molar-refractivity contribution in [2.45, 2.75) is 70.4 Å². The Morgan fingerprint density at radius 3 is 3.00 bits per heavy atom. The lowest BCUT2D eigenvalue weighted by Gasteiger charge is -2.25. The predicted octanol–water partition coefficient (Wildman–Crippen LogP) is 2.82. The number of carbonyl (C=O) groups is 1. The molecule has 1 saturated carbocycles. The van der Waals surface area contributed by atoms with Gasteiger partial charge in [-0.05, 0) is 39.0 Å². The molecule has 1 amide bonds. The van der Waals surface area contributed by atoms with Crippen LogP contribution in [0.4, 0.5) is 0 Å². The van der Waals surface area contributed by atoms with E-state index in [-0.39, 0.29) is 11.9 Å². The summed E-state index contributed by atoms with van der Waals surface area (Å²) in [4.78, 5) is 19.0. The quantitative estimate of drug-likeness (QED) is 0.725. The molecule has 2 atom stereocenters. The van der Waals surface area contributed by atoms with Crippen LogP contribution >= 0.6 is 0 Å². The summed E-state index contributed by atoms with van der Waals surface area (Å²) in [6.07, 6.45) is 5.80. The van der Waals surface area contributed by atoms with Crippen molar-refractivity contribution in [2.75, 3.05) is 13.2 Å². The van der Waals surface area contributed by atoms with Crippen LogP contribution < -0.4 is 0 Å². The van der Waals surface area contributed by atoms with E-state index in [0.717, 1.165) is 51.0 Å². The molecule has 1 aliphatic heterocycles. The topological polar surface area (TPSA) is 68.5 Å². The van der Waals surface area contributed by atoms with Gasteiger partial charge in [0.2, 0.25) is 5.89 Å². The zero-order chi connectivity index (χ0) is 15.5. The van der Waals surface area contributed by atoms with Crippen molar-refractivity contribution < 1.29 is 14.1 Å². The first-order valence-corrected chi connectivity index (χ1v) is 8.46. The highest BCUT2D eigenvalue weighted by Crippen LogP contribution is 2.40. The normalized spacial score (nSPS) is 23.0. The lowest BCUT2D eigenvalue weighted by Crippen LogP contribution is -2.39. The maximum absolute atomic E-state index is 12.6. The molecule has 2 aliphatic rings. The second kappa shape index (κ2) is 6.77. The number of hydrogen-bond acceptors (Lipinski definition) is 5. The molecule has 6 nitrogen and oxygen atoms in total. The van der Waals surface area contributed by atoms with Gasteiger partial charge in [-0.2, -0.15) is 4.98 Å². The van der Waals surface area contributed by atoms with E-state index in [1.807, 2.05) is 11.8 Å². The van der Waals surface area contributed by atoms with E-state index in [9.17, 15) is 4.79 Å². The van der Waals surface area contributed by atoms with Crippen LogP contribution in [0.1, 0.15) is 76.0 Å². The Kier molecular flexibility index (Phi) is 4.76. The summed E-state index contributed by atoms with van der Waals surface area (Å²) in [7, 11) is 0. The Bertz CT molecular complexity index is 512. The largest absolute Gasteiger partial charge is 0.369 e. The Hall–Kier alpha value is -1.43. The Labute approximate surface area is 131 Å². The fraction of sp³-hybridized carbons (Fsp3) is 0.812. The zero-order valence-corrected chi connectivity index (χ0v) is 13.5. The lowest BCUT2D eigenvalue weighted by molar-refractivity contribution is -0.143. The highest BCUT2D eigenvalue weighted by Gasteiger charge is 2.37. The van der Waals surface area contributed by atoms with E-state index in [2.05, 4.69) is 17.1 Å². The fourth-order valence-electron chi connectivity index (χ4n) is 2.89. The van der Waals surface area contributed by atoms with Crippen LogP contribution in [0.25, 0.3) is 0 Å². The summed E-state index contributed by atoms with van der Waals surface area (Å²) in [5.41, 5.74) is 0. The van der Waals surface area contributed by atoms with Crippen LogP contribution in [0.2, 0.25) is 0 Å². The minimum Gasteiger partial charge on any atom is -0.369 e. The standard InChI is InChI=1S/C16H25N3O3/c1-3-4-10-21-11(2)16(20)19-9-5-6-13(19)14-17-15(22-18-14)12-7-8-12/h11-13H,3-10H2,1-2H3/t11-,13-/m1/s1. The molecular weight excluding hydrogens is 282 g/mol. The molecule has 2 fully saturated rings. The van der Waals surface area contributed by atoms with Crippen molar-refractivity contribution in [1.82, 2.24) is 15.0 Å². The number of amides is 1. The molecule has 0 N–H and O–H groups in total. The molecule has 0 spiro atoms. The smallest absolute Gasteiger partial charge is 0.252 e. The minimum absolute atomic E-state index is 0.0383. The van der Waals surface area contributed by atoms with Gasteiger partial charge in [-0.25, -0.2) is 0 Å². The van der Waals surface area contributed by atoms with Crippen molar-refractivity contribution in [3.63, 3.8) is 0 Å². The van der Waals surface area contributed by atoms with E-state index in [4.69, 9.17) is 9.26 Å². The molecule has 0 radical (unpaired) electrons. The first-order chi connectivity index (χ1) is 10.7. The third kappa shape index (κ3) is 3.32. The molecule has 0 bridgehead atoms. The van der Waals surface area contributed by atoms with Gasteiger partial charge in [0.1, 0.15) is 6.10 Å². The molecular formula is C16H25N3O3. The predicted molar refractivity (Wildman–Crippen MR) is 80.3 cm³/mol. The fourth-order valence-corrected chi connectivity index (χ4v) is 2.89. The van der Waals surface area contributed by atoms with E-state index in [1.54, 1.807) is 0 Å². The van der Waals surface area contributed by atoms with Gasteiger partial charge in [0.25, 0.3) is 5.91 Å². The van der Waals surface area contributed by atoms with Gasteiger partial charge >= 0.3 is 0 Å². The number of carbonyl (C=O) groups excluding carboxylic acids is 1. The molecule has 122 valence electrons. The SMILES string of the molecule is CCCCO[C@H](C)C(=O)N1CCC[C@@H]1c1noc(C2CC2)n1. The molecule has 6 heteroatoms. The van der Waals surface area contributed by atoms with Crippen molar-refractivity contribution in [2.24, 2.45) is 0 Å². The number of ether oxygens (including phenoxy) is 1. The van der Waals surface area contributed by atoms with E-state index < -0.39 is 6.10 Å². The van der Waals surface area contributed by atoms with Gasteiger partial charge < -0.3 is 14.2 Å². The number of rotatable bonds is 7. The summed E-state index contributed by atoms with van der Waals surface area (Å²) in [5, 5.41) is 4.11. The lowest BCUT2D eigenvalue weighted by atomic mass is 10.2. The van der Waals surface area contributed by atoms with Gasteiger partial charge in [-0.1, -0.05) is 18.5 Å². The summed E-state index contributed by atoms with van der Waals surface area (Å²) in [6.45, 7) is 5.33. The first kappa shape index (κ1) is 15.5. The van der Waals surface area contributed by atoms with Gasteiger partial charge in [0.05, 0.1) is 6.04 Å². The number of hydrogen-bond donors (Lipinski definition) is 0. The molecule has 1 saturated heterocycles. The molecule has 1 aromatic heterocycles. The van der Waals surface area contributed by atoms with Gasteiger partial charge in [0, 0.05) is 19.1 Å². The number of unbranched alkanes of at least 4 members (excludes halogenated alkanes) is 1. The number of aromatic nitrogens is 2. The van der Waals surface area contributed by atoms with E-state index >= 15 is 0 Å². The van der Waals surface area contributed by atoms with Gasteiger partial charge in [0.15, 0.2) is 5.82 Å². The monoisotopic (exact) mass is 307 g/mol. The molecule has 1 aromatic rings. The molecule has 0 unspecified atom stereocenters. The molecule has 2 heterocycles. The Morgan fingerprint density at radius 2 is 2.27 bits per heavy atom. The molecule has 0 aromatic carbocycles. The second-order valence-electron chi connectivity index (χ2n) is 6.32. The second-order valence-corrected chi connectivity index (χ2v) is 6.32. The van der Waals surface area contributed by atoms with Crippen molar-refractivity contribution >= 4 is 5.91 Å². The Morgan fingerprint density at radius 1 is 1.45 bits per heavy atom. The average molecular weight is 307 g/mol. The summed E-state index contributed by atoms with van der Waals surface area (Å²) < 4.78 is 11.0. The number of likely N-dealkylation sites (tertiary alicyclic amines) is 1. The minimum atomic E-state index is -0.401. The van der Waals surface area contributed by atoms with Gasteiger partial charge in [-0.3, -0.25) is 4.79 Å². The van der Waals surface area contributed by atoms with Crippen LogP contribution in [0, 0.1) is 0 Å². The van der Waals surface area contributed by atoms with Crippen LogP contribution in [0.3, 0.4) is 0 Å². The van der Waals surface area contributed by atoms with Crippen LogP contribution in [0.15, 0.2) is 4.52 Å². The summed E-state index contributed by atoms with van der Waals surface area (Å²) in [5.74, 6) is 1.88. The van der Waals surface area contributed by atoms with E-state index in [1.165, 1.54) is 0 Å². The van der Waals surface area contributed by atoms with Gasteiger partial charge in [-0.15, -0.1) is 0 Å². The third-order valence-electron chi connectivity index (χ3n) is 4.43. The molecule has 1 aliphatic carbocycles. The molecule has 3 rings (SSSR count). The van der Waals surface area contributed by atoms with Crippen LogP contribution in [0.5, 0.6) is 0 Å². The third-order valence-corrected chi connectivity index (χ3v) is 4.43. The average Bonchev–Trinajstić information content (AvgIpc) is 3.06. The van der Waals surface area contributed by atoms with Crippen LogP contribution in [-0.2, 0) is 9.53 Å². The summed E-state index contributed by atoms with van der Waals surface area (Å²) >= 11 is 0. The Balaban J connectivity index is 1.62. The highest BCUT2D eigenvalue weighted by atomic mass is 16.5. The maximum Gasteiger partial charge on any atom is 0.252 e. The summed E-state index contributed by atoms with van der Waals surface area (Å²) in [6, 6.07) is -0.0547. The highest BCUT2D eigenvalue weighted by molar-refractivity contribution is 5.81. The van der Waals surface area contributed by atoms with E-state index in [0.29, 0.717) is 18.3 Å². The van der Waals surface area contributed by atoms with Crippen molar-refractivity contribution in [3.8, 4) is 0 Å². The van der Waals surface area contributed by atoms with Crippen molar-refractivity contribution in [3.05, 3.63) is 11.7 Å². The number of nitrogens with zero attached hydrogens (tertiary/aromatic N) is 3. The first-order valence-electron chi connectivity index (χ1n) is 8.46. The zero-order valence-electron chi connectivity index (χ0n) is 13.5. The van der Waals surface area contributed by atoms with Crippen molar-refractivity contribution in [1.29, 1.82) is 0 Å². The van der Waals surface area contributed by atoms with Crippen LogP contribution in [-0.4, -0.2) is 40.2 Å². The molecule has 22 heavy (non-hydrogen) atoms. The maximum atomic E-state index is 12.6.